The number of rotatable bonds is 11. The lowest BCUT2D eigenvalue weighted by Crippen LogP contribution is -2.36. The van der Waals surface area contributed by atoms with E-state index >= 15 is 0 Å². The van der Waals surface area contributed by atoms with E-state index in [1.165, 1.54) is 24.1 Å². The zero-order chi connectivity index (χ0) is 27.1. The molecule has 37 heavy (non-hydrogen) atoms. The second-order valence-corrected chi connectivity index (χ2v) is 9.74. The predicted molar refractivity (Wildman–Crippen MR) is 130 cm³/mol. The minimum absolute atomic E-state index is 0.0954. The van der Waals surface area contributed by atoms with Crippen molar-refractivity contribution in [2.24, 2.45) is 0 Å². The topological polar surface area (TPSA) is 82.1 Å². The van der Waals surface area contributed by atoms with Crippen molar-refractivity contribution in [2.75, 3.05) is 26.9 Å². The molecule has 0 atom stereocenters. The molecule has 3 aromatic rings. The molecular formula is C25H23ClF3NO6S. The highest BCUT2D eigenvalue weighted by Gasteiger charge is 2.32. The van der Waals surface area contributed by atoms with Gasteiger partial charge in [-0.2, -0.15) is 21.6 Å². The molecule has 0 N–H and O–H groups in total. The fourth-order valence-corrected chi connectivity index (χ4v) is 4.24. The fourth-order valence-electron chi connectivity index (χ4n) is 3.13. The Bertz CT molecular complexity index is 1300. The van der Waals surface area contributed by atoms with Gasteiger partial charge in [0.25, 0.3) is 5.91 Å². The molecule has 0 unspecified atom stereocenters. The van der Waals surface area contributed by atoms with Crippen LogP contribution in [0.4, 0.5) is 13.2 Å². The van der Waals surface area contributed by atoms with E-state index in [1.807, 2.05) is 0 Å². The maximum absolute atomic E-state index is 12.9. The number of hydrogen-bond donors (Lipinski definition) is 0. The van der Waals surface area contributed by atoms with Gasteiger partial charge >= 0.3 is 16.3 Å². The number of amides is 1. The van der Waals surface area contributed by atoms with Crippen molar-refractivity contribution >= 4 is 27.6 Å². The number of methoxy groups -OCH3 is 1. The monoisotopic (exact) mass is 557 g/mol. The first kappa shape index (κ1) is 28.3. The summed E-state index contributed by atoms with van der Waals surface area (Å²) in [6.45, 7) is 0.513. The van der Waals surface area contributed by atoms with Gasteiger partial charge in [-0.3, -0.25) is 4.79 Å². The summed E-state index contributed by atoms with van der Waals surface area (Å²) in [6, 6.07) is 15.6. The molecule has 0 aliphatic heterocycles. The number of ether oxygens (including phenoxy) is 2. The number of hydrogen-bond acceptors (Lipinski definition) is 6. The van der Waals surface area contributed by atoms with Crippen LogP contribution in [0.15, 0.2) is 77.7 Å². The summed E-state index contributed by atoms with van der Waals surface area (Å²) in [5, 5.41) is 0.537. The Kier molecular flexibility index (Phi) is 9.41. The first-order valence-electron chi connectivity index (χ1n) is 10.8. The zero-order valence-corrected chi connectivity index (χ0v) is 21.1. The third-order valence-corrected chi connectivity index (χ3v) is 6.54. The Labute approximate surface area is 217 Å². The number of benzene rings is 3. The molecule has 0 aromatic heterocycles. The van der Waals surface area contributed by atoms with Crippen molar-refractivity contribution < 1.29 is 40.0 Å². The lowest BCUT2D eigenvalue weighted by atomic mass is 10.2. The minimum Gasteiger partial charge on any atom is -0.484 e. The Balaban J connectivity index is 1.66. The van der Waals surface area contributed by atoms with Crippen LogP contribution in [-0.2, 0) is 32.4 Å². The SMILES string of the molecule is COCCN(Cc1ccc(OS(=O)(=O)c2cccc(C(F)(F)F)c2)cc1)C(=O)COc1ccc(Cl)cc1. The molecule has 1 amide bonds. The van der Waals surface area contributed by atoms with Crippen molar-refractivity contribution in [1.29, 1.82) is 0 Å². The third-order valence-electron chi connectivity index (χ3n) is 5.05. The molecule has 0 aliphatic carbocycles. The normalized spacial score (nSPS) is 11.7. The van der Waals surface area contributed by atoms with Crippen LogP contribution in [0.1, 0.15) is 11.1 Å². The van der Waals surface area contributed by atoms with Gasteiger partial charge in [0.2, 0.25) is 0 Å². The molecule has 0 spiro atoms. The Hall–Kier alpha value is -3.28. The lowest BCUT2D eigenvalue weighted by Gasteiger charge is -2.23. The first-order valence-corrected chi connectivity index (χ1v) is 12.6. The van der Waals surface area contributed by atoms with E-state index in [2.05, 4.69) is 0 Å². The average Bonchev–Trinajstić information content (AvgIpc) is 2.86. The van der Waals surface area contributed by atoms with Crippen molar-refractivity contribution in [3.05, 3.63) is 88.9 Å². The van der Waals surface area contributed by atoms with Crippen molar-refractivity contribution in [3.63, 3.8) is 0 Å². The number of nitrogens with zero attached hydrogens (tertiary/aromatic N) is 1. The second-order valence-electron chi connectivity index (χ2n) is 7.76. The Morgan fingerprint density at radius 1 is 0.973 bits per heavy atom. The van der Waals surface area contributed by atoms with E-state index in [9.17, 15) is 26.4 Å². The van der Waals surface area contributed by atoms with Crippen LogP contribution in [0.2, 0.25) is 5.02 Å². The summed E-state index contributed by atoms with van der Waals surface area (Å²) in [7, 11) is -3.00. The number of carbonyl (C=O) groups is 1. The molecular weight excluding hydrogens is 535 g/mol. The Morgan fingerprint density at radius 2 is 1.62 bits per heavy atom. The van der Waals surface area contributed by atoms with Crippen molar-refractivity contribution in [3.8, 4) is 11.5 Å². The van der Waals surface area contributed by atoms with Crippen LogP contribution < -0.4 is 8.92 Å². The molecule has 0 saturated heterocycles. The van der Waals surface area contributed by atoms with Crippen LogP contribution >= 0.6 is 11.6 Å². The highest BCUT2D eigenvalue weighted by molar-refractivity contribution is 7.87. The molecule has 0 bridgehead atoms. The van der Waals surface area contributed by atoms with Crippen molar-refractivity contribution in [2.45, 2.75) is 17.6 Å². The van der Waals surface area contributed by atoms with Gasteiger partial charge in [-0.05, 0) is 60.2 Å². The number of carbonyl (C=O) groups excluding carboxylic acids is 1. The van der Waals surface area contributed by atoms with Gasteiger partial charge < -0.3 is 18.6 Å². The van der Waals surface area contributed by atoms with Gasteiger partial charge in [0, 0.05) is 25.2 Å². The molecule has 7 nitrogen and oxygen atoms in total. The lowest BCUT2D eigenvalue weighted by molar-refractivity contribution is -0.137. The number of alkyl halides is 3. The quantitative estimate of drug-likeness (QED) is 0.302. The fraction of sp³-hybridized carbons (Fsp3) is 0.240. The highest BCUT2D eigenvalue weighted by atomic mass is 35.5. The minimum atomic E-state index is -4.70. The smallest absolute Gasteiger partial charge is 0.416 e. The second kappa shape index (κ2) is 12.3. The molecule has 12 heteroatoms. The molecule has 198 valence electrons. The van der Waals surface area contributed by atoms with Crippen LogP contribution in [0.25, 0.3) is 0 Å². The van der Waals surface area contributed by atoms with Crippen LogP contribution in [0.5, 0.6) is 11.5 Å². The first-order chi connectivity index (χ1) is 17.5. The van der Waals surface area contributed by atoms with E-state index < -0.39 is 26.8 Å². The molecule has 3 aromatic carbocycles. The summed E-state index contributed by atoms with van der Waals surface area (Å²) >= 11 is 5.84. The van der Waals surface area contributed by atoms with Gasteiger partial charge in [0.1, 0.15) is 16.4 Å². The van der Waals surface area contributed by atoms with Gasteiger partial charge in [-0.1, -0.05) is 29.8 Å². The summed E-state index contributed by atoms with van der Waals surface area (Å²) < 4.78 is 79.3. The average molecular weight is 558 g/mol. The van der Waals surface area contributed by atoms with Gasteiger partial charge in [-0.15, -0.1) is 0 Å². The third kappa shape index (κ3) is 8.38. The molecule has 0 heterocycles. The van der Waals surface area contributed by atoms with E-state index in [0.717, 1.165) is 18.2 Å². The van der Waals surface area contributed by atoms with Gasteiger partial charge in [0.15, 0.2) is 6.61 Å². The van der Waals surface area contributed by atoms with E-state index in [-0.39, 0.29) is 38.0 Å². The summed E-state index contributed by atoms with van der Waals surface area (Å²) in [6.07, 6.45) is -4.70. The van der Waals surface area contributed by atoms with Crippen LogP contribution in [0.3, 0.4) is 0 Å². The van der Waals surface area contributed by atoms with Crippen LogP contribution in [-0.4, -0.2) is 46.1 Å². The molecule has 0 radical (unpaired) electrons. The van der Waals surface area contributed by atoms with Crippen molar-refractivity contribution in [1.82, 2.24) is 4.90 Å². The molecule has 0 fully saturated rings. The van der Waals surface area contributed by atoms with Crippen LogP contribution in [0, 0.1) is 0 Å². The highest BCUT2D eigenvalue weighted by Crippen LogP contribution is 2.31. The van der Waals surface area contributed by atoms with E-state index in [1.54, 1.807) is 36.4 Å². The maximum Gasteiger partial charge on any atom is 0.416 e. The summed E-state index contributed by atoms with van der Waals surface area (Å²) in [5.41, 5.74) is -0.451. The molecule has 0 saturated carbocycles. The maximum atomic E-state index is 12.9. The zero-order valence-electron chi connectivity index (χ0n) is 19.6. The molecule has 0 aliphatic rings. The standard InChI is InChI=1S/C25H23ClF3NO6S/c1-34-14-13-30(24(31)17-35-21-11-7-20(26)8-12-21)16-18-5-9-22(10-6-18)36-37(32,33)23-4-2-3-19(15-23)25(27,28)29/h2-12,15H,13-14,16-17H2,1H3. The molecule has 3 rings (SSSR count). The summed E-state index contributed by atoms with van der Waals surface area (Å²) in [4.78, 5) is 13.6. The Morgan fingerprint density at radius 3 is 2.24 bits per heavy atom. The van der Waals surface area contributed by atoms with Gasteiger partial charge in [0.05, 0.1) is 12.2 Å². The predicted octanol–water partition coefficient (Wildman–Crippen LogP) is 5.18. The van der Waals surface area contributed by atoms with E-state index in [0.29, 0.717) is 22.4 Å². The van der Waals surface area contributed by atoms with Gasteiger partial charge in [-0.25, -0.2) is 0 Å². The number of halogens is 4. The summed E-state index contributed by atoms with van der Waals surface area (Å²) in [5.74, 6) is 0.0781. The largest absolute Gasteiger partial charge is 0.484 e. The van der Waals surface area contributed by atoms with E-state index in [4.69, 9.17) is 25.3 Å².